The maximum absolute atomic E-state index is 11.5. The van der Waals surface area contributed by atoms with Gasteiger partial charge in [0.1, 0.15) is 0 Å². The van der Waals surface area contributed by atoms with Crippen LogP contribution in [0.5, 0.6) is 0 Å². The second-order valence-corrected chi connectivity index (χ2v) is 4.36. The van der Waals surface area contributed by atoms with Gasteiger partial charge in [-0.05, 0) is 19.1 Å². The molecule has 1 saturated heterocycles. The molecule has 0 saturated carbocycles. The summed E-state index contributed by atoms with van der Waals surface area (Å²) in [6.45, 7) is 5.69. The number of likely N-dealkylation sites (tertiary alicyclic amines) is 1. The smallest absolute Gasteiger partial charge is 0.223 e. The first-order chi connectivity index (χ1) is 6.24. The Kier molecular flexibility index (Phi) is 4.36. The van der Waals surface area contributed by atoms with Gasteiger partial charge in [-0.1, -0.05) is 12.2 Å². The molecule has 0 N–H and O–H groups in total. The molecule has 0 aromatic heterocycles. The molecule has 13 heavy (non-hydrogen) atoms. The molecule has 2 nitrogen and oxygen atoms in total. The third-order valence-electron chi connectivity index (χ3n) is 2.34. The number of amides is 1. The fourth-order valence-corrected chi connectivity index (χ4v) is 1.80. The van der Waals surface area contributed by atoms with E-state index in [4.69, 9.17) is 0 Å². The van der Waals surface area contributed by atoms with Crippen LogP contribution >= 0.6 is 11.8 Å². The molecule has 0 aromatic rings. The summed E-state index contributed by atoms with van der Waals surface area (Å²) in [6, 6.07) is 0. The molecular formula is C10H17NOS. The zero-order valence-corrected chi connectivity index (χ0v) is 9.03. The standard InChI is InChI=1S/C10H17NOS/c1-9-3-6-11(7-4-9)10(12)5-8-13-2/h1,3-8H2,2H3. The van der Waals surface area contributed by atoms with Crippen LogP contribution in [0.3, 0.4) is 0 Å². The minimum Gasteiger partial charge on any atom is -0.342 e. The number of hydrogen-bond donors (Lipinski definition) is 0. The maximum Gasteiger partial charge on any atom is 0.223 e. The van der Waals surface area contributed by atoms with Gasteiger partial charge in [0.25, 0.3) is 0 Å². The van der Waals surface area contributed by atoms with E-state index in [1.165, 1.54) is 5.57 Å². The van der Waals surface area contributed by atoms with Gasteiger partial charge in [0, 0.05) is 25.3 Å². The van der Waals surface area contributed by atoms with Crippen LogP contribution in [0.1, 0.15) is 19.3 Å². The minimum absolute atomic E-state index is 0.307. The summed E-state index contributed by atoms with van der Waals surface area (Å²) in [4.78, 5) is 13.5. The summed E-state index contributed by atoms with van der Waals surface area (Å²) < 4.78 is 0. The molecule has 74 valence electrons. The van der Waals surface area contributed by atoms with E-state index in [-0.39, 0.29) is 0 Å². The van der Waals surface area contributed by atoms with Crippen LogP contribution in [-0.4, -0.2) is 35.9 Å². The highest BCUT2D eigenvalue weighted by atomic mass is 32.2. The Morgan fingerprint density at radius 3 is 2.69 bits per heavy atom. The van der Waals surface area contributed by atoms with Crippen molar-refractivity contribution in [2.45, 2.75) is 19.3 Å². The van der Waals surface area contributed by atoms with E-state index < -0.39 is 0 Å². The average molecular weight is 199 g/mol. The molecule has 1 aliphatic heterocycles. The fraction of sp³-hybridized carbons (Fsp3) is 0.700. The van der Waals surface area contributed by atoms with E-state index in [1.54, 1.807) is 11.8 Å². The van der Waals surface area contributed by atoms with Crippen LogP contribution in [0.4, 0.5) is 0 Å². The minimum atomic E-state index is 0.307. The molecule has 3 heteroatoms. The number of piperidine rings is 1. The van der Waals surface area contributed by atoms with Gasteiger partial charge in [-0.15, -0.1) is 0 Å². The van der Waals surface area contributed by atoms with Crippen molar-refractivity contribution in [3.05, 3.63) is 12.2 Å². The van der Waals surface area contributed by atoms with Gasteiger partial charge >= 0.3 is 0 Å². The molecule has 0 spiro atoms. The summed E-state index contributed by atoms with van der Waals surface area (Å²) in [5, 5.41) is 0. The van der Waals surface area contributed by atoms with Crippen molar-refractivity contribution >= 4 is 17.7 Å². The summed E-state index contributed by atoms with van der Waals surface area (Å²) in [7, 11) is 0. The number of carbonyl (C=O) groups excluding carboxylic acids is 1. The highest BCUT2D eigenvalue weighted by Crippen LogP contribution is 2.14. The van der Waals surface area contributed by atoms with Gasteiger partial charge in [0.2, 0.25) is 5.91 Å². The van der Waals surface area contributed by atoms with Crippen molar-refractivity contribution in [2.24, 2.45) is 0 Å². The van der Waals surface area contributed by atoms with Crippen LogP contribution < -0.4 is 0 Å². The zero-order valence-electron chi connectivity index (χ0n) is 8.21. The number of thioether (sulfide) groups is 1. The first-order valence-electron chi connectivity index (χ1n) is 4.67. The summed E-state index contributed by atoms with van der Waals surface area (Å²) in [5.41, 5.74) is 1.29. The maximum atomic E-state index is 11.5. The summed E-state index contributed by atoms with van der Waals surface area (Å²) in [5.74, 6) is 1.25. The van der Waals surface area contributed by atoms with E-state index in [1.807, 2.05) is 11.2 Å². The molecule has 0 aliphatic carbocycles. The van der Waals surface area contributed by atoms with Gasteiger partial charge in [0.15, 0.2) is 0 Å². The molecule has 1 fully saturated rings. The van der Waals surface area contributed by atoms with Crippen LogP contribution in [0.15, 0.2) is 12.2 Å². The fourth-order valence-electron chi connectivity index (χ4n) is 1.42. The van der Waals surface area contributed by atoms with Crippen LogP contribution in [-0.2, 0) is 4.79 Å². The van der Waals surface area contributed by atoms with Gasteiger partial charge in [-0.25, -0.2) is 0 Å². The number of carbonyl (C=O) groups is 1. The van der Waals surface area contributed by atoms with Crippen molar-refractivity contribution < 1.29 is 4.79 Å². The Balaban J connectivity index is 2.27. The molecule has 0 bridgehead atoms. The Bertz CT molecular complexity index is 193. The van der Waals surface area contributed by atoms with Crippen LogP contribution in [0.2, 0.25) is 0 Å². The van der Waals surface area contributed by atoms with E-state index in [0.717, 1.165) is 31.7 Å². The highest BCUT2D eigenvalue weighted by Gasteiger charge is 2.16. The SMILES string of the molecule is C=C1CCN(C(=O)CCSC)CC1. The van der Waals surface area contributed by atoms with Crippen molar-refractivity contribution in [2.75, 3.05) is 25.1 Å². The van der Waals surface area contributed by atoms with Gasteiger partial charge < -0.3 is 4.90 Å². The monoisotopic (exact) mass is 199 g/mol. The normalized spacial score (nSPS) is 17.6. The van der Waals surface area contributed by atoms with Crippen LogP contribution in [0, 0.1) is 0 Å². The van der Waals surface area contributed by atoms with Crippen molar-refractivity contribution in [3.8, 4) is 0 Å². The summed E-state index contributed by atoms with van der Waals surface area (Å²) >= 11 is 1.73. The Labute approximate surface area is 84.4 Å². The predicted octanol–water partition coefficient (Wildman–Crippen LogP) is 1.92. The third kappa shape index (κ3) is 3.43. The predicted molar refractivity (Wildman–Crippen MR) is 58.0 cm³/mol. The molecule has 0 atom stereocenters. The molecule has 1 amide bonds. The Morgan fingerprint density at radius 2 is 2.15 bits per heavy atom. The van der Waals surface area contributed by atoms with Crippen LogP contribution in [0.25, 0.3) is 0 Å². The number of rotatable bonds is 3. The largest absolute Gasteiger partial charge is 0.342 e. The van der Waals surface area contributed by atoms with Gasteiger partial charge in [-0.3, -0.25) is 4.79 Å². The number of hydrogen-bond acceptors (Lipinski definition) is 2. The van der Waals surface area contributed by atoms with E-state index in [0.29, 0.717) is 12.3 Å². The highest BCUT2D eigenvalue weighted by molar-refractivity contribution is 7.98. The second-order valence-electron chi connectivity index (χ2n) is 3.37. The van der Waals surface area contributed by atoms with E-state index >= 15 is 0 Å². The van der Waals surface area contributed by atoms with Crippen molar-refractivity contribution in [3.63, 3.8) is 0 Å². The molecule has 0 aromatic carbocycles. The lowest BCUT2D eigenvalue weighted by Gasteiger charge is -2.27. The molecule has 1 aliphatic rings. The Hall–Kier alpha value is -0.440. The molecule has 0 radical (unpaired) electrons. The molecule has 0 unspecified atom stereocenters. The second kappa shape index (κ2) is 5.32. The number of nitrogens with zero attached hydrogens (tertiary/aromatic N) is 1. The molecule has 1 heterocycles. The Morgan fingerprint density at radius 1 is 1.54 bits per heavy atom. The summed E-state index contributed by atoms with van der Waals surface area (Å²) in [6.07, 6.45) is 4.70. The third-order valence-corrected chi connectivity index (χ3v) is 2.96. The molecule has 1 rings (SSSR count). The quantitative estimate of drug-likeness (QED) is 0.647. The lowest BCUT2D eigenvalue weighted by molar-refractivity contribution is -0.131. The van der Waals surface area contributed by atoms with Gasteiger partial charge in [-0.2, -0.15) is 11.8 Å². The average Bonchev–Trinajstić information content (AvgIpc) is 2.15. The van der Waals surface area contributed by atoms with E-state index in [2.05, 4.69) is 6.58 Å². The first kappa shape index (κ1) is 10.6. The lowest BCUT2D eigenvalue weighted by Crippen LogP contribution is -2.36. The topological polar surface area (TPSA) is 20.3 Å². The van der Waals surface area contributed by atoms with Gasteiger partial charge in [0.05, 0.1) is 0 Å². The molecular weight excluding hydrogens is 182 g/mol. The zero-order chi connectivity index (χ0) is 9.68. The van der Waals surface area contributed by atoms with Crippen molar-refractivity contribution in [1.82, 2.24) is 4.90 Å². The van der Waals surface area contributed by atoms with Crippen molar-refractivity contribution in [1.29, 1.82) is 0 Å². The lowest BCUT2D eigenvalue weighted by atomic mass is 10.1. The first-order valence-corrected chi connectivity index (χ1v) is 6.07. The van der Waals surface area contributed by atoms with E-state index in [9.17, 15) is 4.79 Å².